The third-order valence-electron chi connectivity index (χ3n) is 2.49. The quantitative estimate of drug-likeness (QED) is 0.793. The lowest BCUT2D eigenvalue weighted by Crippen LogP contribution is -2.35. The van der Waals surface area contributed by atoms with Gasteiger partial charge in [0.25, 0.3) is 0 Å². The second-order valence-electron chi connectivity index (χ2n) is 5.46. The first-order valence-corrected chi connectivity index (χ1v) is 5.73. The van der Waals surface area contributed by atoms with Crippen LogP contribution in [0.5, 0.6) is 0 Å². The molecule has 0 aliphatic carbocycles. The number of nitrogens with one attached hydrogen (secondary N) is 1. The Morgan fingerprint density at radius 3 is 2.27 bits per heavy atom. The van der Waals surface area contributed by atoms with E-state index in [1.165, 1.54) is 11.1 Å². The second kappa shape index (κ2) is 4.80. The van der Waals surface area contributed by atoms with E-state index in [1.54, 1.807) is 0 Å². The number of hydrogen-bond acceptors (Lipinski definition) is 1. The van der Waals surface area contributed by atoms with Gasteiger partial charge in [0.15, 0.2) is 0 Å². The molecule has 0 fully saturated rings. The fraction of sp³-hybridized carbons (Fsp3) is 0.571. The van der Waals surface area contributed by atoms with Gasteiger partial charge in [-0.05, 0) is 37.8 Å². The Kier molecular flexibility index (Phi) is 3.92. The molecule has 0 bridgehead atoms. The van der Waals surface area contributed by atoms with Crippen molar-refractivity contribution in [3.05, 3.63) is 35.4 Å². The largest absolute Gasteiger partial charge is 0.308 e. The Labute approximate surface area is 93.9 Å². The van der Waals surface area contributed by atoms with Crippen molar-refractivity contribution in [2.75, 3.05) is 0 Å². The van der Waals surface area contributed by atoms with E-state index in [4.69, 9.17) is 0 Å². The third kappa shape index (κ3) is 4.05. The predicted molar refractivity (Wildman–Crippen MR) is 67.1 cm³/mol. The van der Waals surface area contributed by atoms with E-state index in [2.05, 4.69) is 64.2 Å². The number of hydrogen-bond donors (Lipinski definition) is 1. The van der Waals surface area contributed by atoms with Gasteiger partial charge in [0.05, 0.1) is 0 Å². The highest BCUT2D eigenvalue weighted by Crippen LogP contribution is 2.19. The zero-order valence-electron chi connectivity index (χ0n) is 10.6. The van der Waals surface area contributed by atoms with Gasteiger partial charge >= 0.3 is 0 Å². The minimum Gasteiger partial charge on any atom is -0.308 e. The van der Waals surface area contributed by atoms with Crippen molar-refractivity contribution >= 4 is 0 Å². The monoisotopic (exact) mass is 205 g/mol. The molecule has 0 amide bonds. The van der Waals surface area contributed by atoms with Gasteiger partial charge in [0, 0.05) is 12.1 Å². The summed E-state index contributed by atoms with van der Waals surface area (Å²) in [5.41, 5.74) is 3.06. The first-order chi connectivity index (χ1) is 6.90. The lowest BCUT2D eigenvalue weighted by Gasteiger charge is -2.22. The van der Waals surface area contributed by atoms with Crippen molar-refractivity contribution in [3.63, 3.8) is 0 Å². The van der Waals surface area contributed by atoms with Crippen LogP contribution < -0.4 is 5.32 Å². The molecule has 84 valence electrons. The zero-order valence-corrected chi connectivity index (χ0v) is 10.6. The first kappa shape index (κ1) is 12.3. The molecule has 1 nitrogen and oxygen atoms in total. The molecule has 15 heavy (non-hydrogen) atoms. The Bertz CT molecular complexity index is 307. The highest BCUT2D eigenvalue weighted by atomic mass is 14.9. The van der Waals surface area contributed by atoms with E-state index in [1.807, 2.05) is 0 Å². The molecule has 1 N–H and O–H groups in total. The lowest BCUT2D eigenvalue weighted by atomic mass is 9.96. The summed E-state index contributed by atoms with van der Waals surface area (Å²) in [7, 11) is 0. The van der Waals surface area contributed by atoms with E-state index in [9.17, 15) is 0 Å². The van der Waals surface area contributed by atoms with Crippen LogP contribution >= 0.6 is 0 Å². The Morgan fingerprint density at radius 2 is 1.73 bits per heavy atom. The number of rotatable bonds is 3. The lowest BCUT2D eigenvalue weighted by molar-refractivity contribution is 0.423. The number of benzene rings is 1. The predicted octanol–water partition coefficient (Wildman–Crippen LogP) is 3.70. The van der Waals surface area contributed by atoms with E-state index in [-0.39, 0.29) is 5.54 Å². The van der Waals surface area contributed by atoms with Crippen LogP contribution in [0.3, 0.4) is 0 Å². The second-order valence-corrected chi connectivity index (χ2v) is 5.46. The molecule has 1 aromatic carbocycles. The minimum atomic E-state index is 0.185. The van der Waals surface area contributed by atoms with Crippen molar-refractivity contribution in [1.29, 1.82) is 0 Å². The molecule has 0 atom stereocenters. The van der Waals surface area contributed by atoms with E-state index < -0.39 is 0 Å². The Balaban J connectivity index is 2.76. The van der Waals surface area contributed by atoms with Gasteiger partial charge < -0.3 is 5.32 Å². The summed E-state index contributed by atoms with van der Waals surface area (Å²) < 4.78 is 0. The smallest absolute Gasteiger partial charge is 0.0213 e. The van der Waals surface area contributed by atoms with Crippen LogP contribution in [-0.2, 0) is 6.54 Å². The molecule has 0 saturated heterocycles. The maximum atomic E-state index is 3.53. The van der Waals surface area contributed by atoms with E-state index in [0.29, 0.717) is 5.92 Å². The maximum Gasteiger partial charge on any atom is 0.0213 e. The van der Waals surface area contributed by atoms with Crippen molar-refractivity contribution in [2.45, 2.75) is 52.6 Å². The molecule has 0 unspecified atom stereocenters. The van der Waals surface area contributed by atoms with Crippen molar-refractivity contribution in [1.82, 2.24) is 5.32 Å². The SMILES string of the molecule is CC(C)c1ccccc1CNC(C)(C)C. The highest BCUT2D eigenvalue weighted by molar-refractivity contribution is 5.29. The van der Waals surface area contributed by atoms with Gasteiger partial charge in [0.1, 0.15) is 0 Å². The molecular weight excluding hydrogens is 182 g/mol. The maximum absolute atomic E-state index is 3.53. The van der Waals surface area contributed by atoms with Crippen LogP contribution in [0.4, 0.5) is 0 Å². The van der Waals surface area contributed by atoms with Gasteiger partial charge in [-0.3, -0.25) is 0 Å². The van der Waals surface area contributed by atoms with Crippen molar-refractivity contribution in [2.24, 2.45) is 0 Å². The van der Waals surface area contributed by atoms with Crippen molar-refractivity contribution in [3.8, 4) is 0 Å². The van der Waals surface area contributed by atoms with Gasteiger partial charge in [-0.1, -0.05) is 38.1 Å². The standard InChI is InChI=1S/C14H23N/c1-11(2)13-9-7-6-8-12(13)10-15-14(3,4)5/h6-9,11,15H,10H2,1-5H3. The molecule has 0 spiro atoms. The van der Waals surface area contributed by atoms with Crippen LogP contribution in [-0.4, -0.2) is 5.54 Å². The molecule has 1 aromatic rings. The van der Waals surface area contributed by atoms with Crippen molar-refractivity contribution < 1.29 is 0 Å². The summed E-state index contributed by atoms with van der Waals surface area (Å²) in [5, 5.41) is 3.53. The average molecular weight is 205 g/mol. The first-order valence-electron chi connectivity index (χ1n) is 5.73. The van der Waals surface area contributed by atoms with E-state index >= 15 is 0 Å². The molecule has 0 aliphatic heterocycles. The Morgan fingerprint density at radius 1 is 1.13 bits per heavy atom. The van der Waals surface area contributed by atoms with Crippen LogP contribution in [0, 0.1) is 0 Å². The summed E-state index contributed by atoms with van der Waals surface area (Å²) in [6.07, 6.45) is 0. The van der Waals surface area contributed by atoms with Crippen LogP contribution in [0.25, 0.3) is 0 Å². The summed E-state index contributed by atoms with van der Waals surface area (Å²) >= 11 is 0. The summed E-state index contributed by atoms with van der Waals surface area (Å²) in [6, 6.07) is 8.68. The fourth-order valence-electron chi connectivity index (χ4n) is 1.62. The zero-order chi connectivity index (χ0) is 11.5. The van der Waals surface area contributed by atoms with Crippen LogP contribution in [0.15, 0.2) is 24.3 Å². The summed E-state index contributed by atoms with van der Waals surface area (Å²) in [5.74, 6) is 0.600. The Hall–Kier alpha value is -0.820. The fourth-order valence-corrected chi connectivity index (χ4v) is 1.62. The third-order valence-corrected chi connectivity index (χ3v) is 2.49. The van der Waals surface area contributed by atoms with Gasteiger partial charge in [-0.2, -0.15) is 0 Å². The molecule has 1 rings (SSSR count). The van der Waals surface area contributed by atoms with Crippen LogP contribution in [0.2, 0.25) is 0 Å². The normalized spacial score (nSPS) is 12.1. The minimum absolute atomic E-state index is 0.185. The average Bonchev–Trinajstić information content (AvgIpc) is 2.14. The topological polar surface area (TPSA) is 12.0 Å². The summed E-state index contributed by atoms with van der Waals surface area (Å²) in [6.45, 7) is 12.0. The highest BCUT2D eigenvalue weighted by Gasteiger charge is 2.11. The molecule has 0 aliphatic rings. The molecule has 0 aromatic heterocycles. The van der Waals surface area contributed by atoms with Crippen LogP contribution in [0.1, 0.15) is 51.7 Å². The molecule has 0 radical (unpaired) electrons. The molecular formula is C14H23N. The molecule has 0 saturated carbocycles. The summed E-state index contributed by atoms with van der Waals surface area (Å²) in [4.78, 5) is 0. The van der Waals surface area contributed by atoms with Gasteiger partial charge in [-0.25, -0.2) is 0 Å². The van der Waals surface area contributed by atoms with Gasteiger partial charge in [-0.15, -0.1) is 0 Å². The van der Waals surface area contributed by atoms with E-state index in [0.717, 1.165) is 6.54 Å². The molecule has 1 heteroatoms. The van der Waals surface area contributed by atoms with Gasteiger partial charge in [0.2, 0.25) is 0 Å². The molecule has 0 heterocycles.